The monoisotopic (exact) mass is 273 g/mol. The molecule has 1 N–H and O–H groups in total. The number of rotatable bonds is 3. The summed E-state index contributed by atoms with van der Waals surface area (Å²) in [4.78, 5) is 0. The highest BCUT2D eigenvalue weighted by Crippen LogP contribution is 2.35. The molecule has 0 saturated carbocycles. The SMILES string of the molecule is COc1ccc2c(c1)CC(NC1CC3CCC1O3)CC2. The third-order valence-corrected chi connectivity index (χ3v) is 5.20. The highest BCUT2D eigenvalue weighted by molar-refractivity contribution is 5.38. The summed E-state index contributed by atoms with van der Waals surface area (Å²) in [7, 11) is 1.74. The number of benzene rings is 1. The highest BCUT2D eigenvalue weighted by Gasteiger charge is 2.41. The van der Waals surface area contributed by atoms with Crippen LogP contribution in [-0.2, 0) is 17.6 Å². The molecule has 0 spiro atoms. The third kappa shape index (κ3) is 2.23. The normalized spacial score (nSPS) is 35.0. The number of ether oxygens (including phenoxy) is 2. The molecule has 4 unspecified atom stereocenters. The smallest absolute Gasteiger partial charge is 0.119 e. The summed E-state index contributed by atoms with van der Waals surface area (Å²) in [6.45, 7) is 0. The van der Waals surface area contributed by atoms with Gasteiger partial charge in [-0.1, -0.05) is 6.07 Å². The quantitative estimate of drug-likeness (QED) is 0.917. The van der Waals surface area contributed by atoms with E-state index in [9.17, 15) is 0 Å². The van der Waals surface area contributed by atoms with Crippen LogP contribution in [0.4, 0.5) is 0 Å². The van der Waals surface area contributed by atoms with E-state index in [1.54, 1.807) is 7.11 Å². The van der Waals surface area contributed by atoms with Crippen LogP contribution in [-0.4, -0.2) is 31.4 Å². The summed E-state index contributed by atoms with van der Waals surface area (Å²) >= 11 is 0. The van der Waals surface area contributed by atoms with Crippen LogP contribution in [0, 0.1) is 0 Å². The summed E-state index contributed by atoms with van der Waals surface area (Å²) < 4.78 is 11.3. The standard InChI is InChI=1S/C17H23NO2/c1-19-14-5-3-11-2-4-13(8-12(11)9-14)18-16-10-15-6-7-17(16)20-15/h3,5,9,13,15-18H,2,4,6-8,10H2,1H3. The van der Waals surface area contributed by atoms with Crippen molar-refractivity contribution < 1.29 is 9.47 Å². The van der Waals surface area contributed by atoms with Gasteiger partial charge in [-0.2, -0.15) is 0 Å². The number of aryl methyl sites for hydroxylation is 1. The molecule has 3 aliphatic rings. The Morgan fingerprint density at radius 2 is 2.15 bits per heavy atom. The molecule has 1 aromatic rings. The fraction of sp³-hybridized carbons (Fsp3) is 0.647. The van der Waals surface area contributed by atoms with Gasteiger partial charge in [0.1, 0.15) is 5.75 Å². The molecule has 4 rings (SSSR count). The summed E-state index contributed by atoms with van der Waals surface area (Å²) in [6, 6.07) is 7.70. The molecule has 0 aromatic heterocycles. The first-order chi connectivity index (χ1) is 9.81. The summed E-state index contributed by atoms with van der Waals surface area (Å²) in [5.74, 6) is 0.979. The van der Waals surface area contributed by atoms with Crippen molar-refractivity contribution in [3.8, 4) is 5.75 Å². The minimum Gasteiger partial charge on any atom is -0.497 e. The van der Waals surface area contributed by atoms with E-state index in [0.717, 1.165) is 12.2 Å². The van der Waals surface area contributed by atoms with Crippen molar-refractivity contribution in [2.45, 2.75) is 62.8 Å². The molecule has 4 atom stereocenters. The average Bonchev–Trinajstić information content (AvgIpc) is 3.09. The van der Waals surface area contributed by atoms with Gasteiger partial charge in [-0.3, -0.25) is 0 Å². The van der Waals surface area contributed by atoms with E-state index in [0.29, 0.717) is 24.3 Å². The Labute approximate surface area is 120 Å². The first-order valence-corrected chi connectivity index (χ1v) is 7.89. The molecule has 2 aliphatic heterocycles. The Morgan fingerprint density at radius 3 is 2.90 bits per heavy atom. The molecule has 0 radical (unpaired) electrons. The van der Waals surface area contributed by atoms with Crippen LogP contribution in [0.3, 0.4) is 0 Å². The second-order valence-corrected chi connectivity index (χ2v) is 6.46. The van der Waals surface area contributed by atoms with E-state index in [-0.39, 0.29) is 0 Å². The second kappa shape index (κ2) is 5.05. The van der Waals surface area contributed by atoms with Crippen molar-refractivity contribution in [2.75, 3.05) is 7.11 Å². The topological polar surface area (TPSA) is 30.5 Å². The number of hydrogen-bond acceptors (Lipinski definition) is 3. The minimum absolute atomic E-state index is 0.478. The van der Waals surface area contributed by atoms with Crippen LogP contribution in [0.1, 0.15) is 36.8 Å². The number of nitrogens with one attached hydrogen (secondary N) is 1. The molecule has 2 saturated heterocycles. The lowest BCUT2D eigenvalue weighted by Crippen LogP contribution is -2.46. The number of methoxy groups -OCH3 is 1. The third-order valence-electron chi connectivity index (χ3n) is 5.20. The molecule has 2 bridgehead atoms. The zero-order valence-electron chi connectivity index (χ0n) is 12.1. The molecule has 0 amide bonds. The van der Waals surface area contributed by atoms with Crippen LogP contribution < -0.4 is 10.1 Å². The van der Waals surface area contributed by atoms with Crippen molar-refractivity contribution in [3.05, 3.63) is 29.3 Å². The first-order valence-electron chi connectivity index (χ1n) is 7.89. The Bertz CT molecular complexity index is 502. The minimum atomic E-state index is 0.478. The van der Waals surface area contributed by atoms with Crippen molar-refractivity contribution >= 4 is 0 Å². The largest absolute Gasteiger partial charge is 0.497 e. The lowest BCUT2D eigenvalue weighted by Gasteiger charge is -2.30. The maximum atomic E-state index is 5.95. The molecule has 2 fully saturated rings. The van der Waals surface area contributed by atoms with Crippen molar-refractivity contribution in [1.29, 1.82) is 0 Å². The predicted molar refractivity (Wildman–Crippen MR) is 78.2 cm³/mol. The zero-order valence-corrected chi connectivity index (χ0v) is 12.1. The van der Waals surface area contributed by atoms with Gasteiger partial charge in [0.2, 0.25) is 0 Å². The molecule has 1 aromatic carbocycles. The van der Waals surface area contributed by atoms with E-state index in [2.05, 4.69) is 23.5 Å². The summed E-state index contributed by atoms with van der Waals surface area (Å²) in [5.41, 5.74) is 2.95. The molecule has 2 heterocycles. The Kier molecular flexibility index (Phi) is 3.20. The predicted octanol–water partition coefficient (Wildman–Crippen LogP) is 2.46. The van der Waals surface area contributed by atoms with Crippen LogP contribution in [0.2, 0.25) is 0 Å². The molecule has 108 valence electrons. The van der Waals surface area contributed by atoms with Gasteiger partial charge in [0.15, 0.2) is 0 Å². The summed E-state index contributed by atoms with van der Waals surface area (Å²) in [5, 5.41) is 3.86. The van der Waals surface area contributed by atoms with Crippen LogP contribution in [0.5, 0.6) is 5.75 Å². The van der Waals surface area contributed by atoms with Gasteiger partial charge in [-0.25, -0.2) is 0 Å². The Balaban J connectivity index is 1.44. The molecule has 3 nitrogen and oxygen atoms in total. The average molecular weight is 273 g/mol. The van der Waals surface area contributed by atoms with Gasteiger partial charge in [-0.05, 0) is 61.8 Å². The molecule has 20 heavy (non-hydrogen) atoms. The van der Waals surface area contributed by atoms with Gasteiger partial charge in [0.05, 0.1) is 19.3 Å². The van der Waals surface area contributed by atoms with Crippen LogP contribution in [0.25, 0.3) is 0 Å². The fourth-order valence-corrected chi connectivity index (χ4v) is 4.12. The molecular weight excluding hydrogens is 250 g/mol. The second-order valence-electron chi connectivity index (χ2n) is 6.46. The fourth-order valence-electron chi connectivity index (χ4n) is 4.12. The van der Waals surface area contributed by atoms with Crippen molar-refractivity contribution in [2.24, 2.45) is 0 Å². The highest BCUT2D eigenvalue weighted by atomic mass is 16.5. The van der Waals surface area contributed by atoms with Gasteiger partial charge in [0, 0.05) is 12.1 Å². The lowest BCUT2D eigenvalue weighted by atomic mass is 9.86. The van der Waals surface area contributed by atoms with Crippen LogP contribution >= 0.6 is 0 Å². The van der Waals surface area contributed by atoms with Gasteiger partial charge < -0.3 is 14.8 Å². The molecule has 3 heteroatoms. The lowest BCUT2D eigenvalue weighted by molar-refractivity contribution is 0.0957. The maximum Gasteiger partial charge on any atom is 0.119 e. The first kappa shape index (κ1) is 12.7. The molecular formula is C17H23NO2. The van der Waals surface area contributed by atoms with Gasteiger partial charge in [-0.15, -0.1) is 0 Å². The number of hydrogen-bond donors (Lipinski definition) is 1. The Morgan fingerprint density at radius 1 is 1.20 bits per heavy atom. The summed E-state index contributed by atoms with van der Waals surface area (Å²) in [6.07, 6.45) is 8.30. The zero-order chi connectivity index (χ0) is 13.5. The number of fused-ring (bicyclic) bond motifs is 3. The van der Waals surface area contributed by atoms with Gasteiger partial charge in [0.25, 0.3) is 0 Å². The van der Waals surface area contributed by atoms with E-state index in [4.69, 9.17) is 9.47 Å². The van der Waals surface area contributed by atoms with Crippen molar-refractivity contribution in [3.63, 3.8) is 0 Å². The Hall–Kier alpha value is -1.06. The van der Waals surface area contributed by atoms with E-state index >= 15 is 0 Å². The van der Waals surface area contributed by atoms with E-state index < -0.39 is 0 Å². The van der Waals surface area contributed by atoms with Crippen molar-refractivity contribution in [1.82, 2.24) is 5.32 Å². The van der Waals surface area contributed by atoms with Gasteiger partial charge >= 0.3 is 0 Å². The maximum absolute atomic E-state index is 5.95. The molecule has 1 aliphatic carbocycles. The van der Waals surface area contributed by atoms with E-state index in [1.807, 2.05) is 0 Å². The van der Waals surface area contributed by atoms with Crippen LogP contribution in [0.15, 0.2) is 18.2 Å². The van der Waals surface area contributed by atoms with E-state index in [1.165, 1.54) is 43.2 Å².